The van der Waals surface area contributed by atoms with Gasteiger partial charge in [-0.05, 0) is 26.3 Å². The van der Waals surface area contributed by atoms with E-state index in [1.165, 1.54) is 0 Å². The second-order valence-electron chi connectivity index (χ2n) is 2.78. The minimum Gasteiger partial charge on any atom is -0.273 e. The van der Waals surface area contributed by atoms with Crippen molar-refractivity contribution >= 4 is 11.6 Å². The van der Waals surface area contributed by atoms with Crippen LogP contribution in [0.15, 0.2) is 29.3 Å². The van der Waals surface area contributed by atoms with Gasteiger partial charge in [-0.1, -0.05) is 25.2 Å². The Balaban J connectivity index is 4.08. The van der Waals surface area contributed by atoms with Crippen molar-refractivity contribution in [3.63, 3.8) is 0 Å². The second kappa shape index (κ2) is 7.47. The second-order valence-corrected chi connectivity index (χ2v) is 2.78. The molecule has 0 aromatic heterocycles. The standard InChI is InChI=1S/C11H17NO/c1-4-6-7-9-10(3)12-11(13)8-5-2/h4,6-7,9H,5,8H2,1-3H3/b6-4-,9-7-,12-10+. The van der Waals surface area contributed by atoms with Gasteiger partial charge in [-0.2, -0.15) is 0 Å². The van der Waals surface area contributed by atoms with Crippen LogP contribution < -0.4 is 0 Å². The quantitative estimate of drug-likeness (QED) is 0.482. The van der Waals surface area contributed by atoms with Gasteiger partial charge < -0.3 is 0 Å². The van der Waals surface area contributed by atoms with Crippen molar-refractivity contribution in [2.24, 2.45) is 4.99 Å². The maximum absolute atomic E-state index is 11.0. The molecule has 2 nitrogen and oxygen atoms in total. The van der Waals surface area contributed by atoms with E-state index in [1.807, 2.05) is 45.1 Å². The molecule has 0 aliphatic heterocycles. The van der Waals surface area contributed by atoms with Crippen LogP contribution in [-0.4, -0.2) is 11.6 Å². The summed E-state index contributed by atoms with van der Waals surface area (Å²) >= 11 is 0. The summed E-state index contributed by atoms with van der Waals surface area (Å²) in [6, 6.07) is 0. The summed E-state index contributed by atoms with van der Waals surface area (Å²) in [5, 5.41) is 0. The molecule has 0 aliphatic carbocycles. The Kier molecular flexibility index (Phi) is 6.79. The van der Waals surface area contributed by atoms with Gasteiger partial charge in [0.25, 0.3) is 0 Å². The Morgan fingerprint density at radius 2 is 2.08 bits per heavy atom. The van der Waals surface area contributed by atoms with Gasteiger partial charge in [0.1, 0.15) is 0 Å². The normalized spacial score (nSPS) is 13.0. The van der Waals surface area contributed by atoms with Crippen molar-refractivity contribution < 1.29 is 4.79 Å². The zero-order valence-corrected chi connectivity index (χ0v) is 8.58. The van der Waals surface area contributed by atoms with Crippen molar-refractivity contribution in [3.8, 4) is 0 Å². The van der Waals surface area contributed by atoms with Gasteiger partial charge in [0.15, 0.2) is 0 Å². The molecule has 0 aromatic carbocycles. The van der Waals surface area contributed by atoms with Crippen LogP contribution in [0, 0.1) is 0 Å². The Hall–Kier alpha value is -1.18. The molecule has 2 heteroatoms. The minimum absolute atomic E-state index is 0.0369. The van der Waals surface area contributed by atoms with Gasteiger partial charge in [0.05, 0.1) is 0 Å². The summed E-state index contributed by atoms with van der Waals surface area (Å²) in [4.78, 5) is 14.9. The molecule has 1 amide bonds. The van der Waals surface area contributed by atoms with Gasteiger partial charge in [-0.3, -0.25) is 4.79 Å². The fourth-order valence-electron chi connectivity index (χ4n) is 0.810. The van der Waals surface area contributed by atoms with E-state index in [4.69, 9.17) is 0 Å². The number of nitrogens with zero attached hydrogens (tertiary/aromatic N) is 1. The van der Waals surface area contributed by atoms with Gasteiger partial charge in [-0.25, -0.2) is 4.99 Å². The topological polar surface area (TPSA) is 29.4 Å². The average molecular weight is 179 g/mol. The lowest BCUT2D eigenvalue weighted by Crippen LogP contribution is -1.96. The molecule has 0 heterocycles. The first-order chi connectivity index (χ1) is 6.20. The largest absolute Gasteiger partial charge is 0.273 e. The monoisotopic (exact) mass is 179 g/mol. The fourth-order valence-corrected chi connectivity index (χ4v) is 0.810. The van der Waals surface area contributed by atoms with E-state index in [-0.39, 0.29) is 5.91 Å². The molecule has 0 unspecified atom stereocenters. The number of allylic oxidation sites excluding steroid dienone is 4. The molecule has 0 radical (unpaired) electrons. The predicted octanol–water partition coefficient (Wildman–Crippen LogP) is 2.91. The van der Waals surface area contributed by atoms with Crippen LogP contribution in [0.2, 0.25) is 0 Å². The summed E-state index contributed by atoms with van der Waals surface area (Å²) in [6.45, 7) is 5.74. The average Bonchev–Trinajstić information content (AvgIpc) is 2.05. The number of hydrogen-bond acceptors (Lipinski definition) is 1. The van der Waals surface area contributed by atoms with Gasteiger partial charge >= 0.3 is 0 Å². The summed E-state index contributed by atoms with van der Waals surface area (Å²) in [5.74, 6) is -0.0369. The highest BCUT2D eigenvalue weighted by molar-refractivity contribution is 6.00. The molecular formula is C11H17NO. The summed E-state index contributed by atoms with van der Waals surface area (Å²) in [7, 11) is 0. The first kappa shape index (κ1) is 11.8. The Bertz CT molecular complexity index is 236. The predicted molar refractivity (Wildman–Crippen MR) is 57.0 cm³/mol. The number of aliphatic imine (C=N–C) groups is 1. The van der Waals surface area contributed by atoms with Crippen LogP contribution >= 0.6 is 0 Å². The lowest BCUT2D eigenvalue weighted by atomic mass is 10.3. The number of hydrogen-bond donors (Lipinski definition) is 0. The SMILES string of the molecule is C\C=C/C=C\C(C)=N\C(=O)CCC. The molecule has 0 rings (SSSR count). The maximum atomic E-state index is 11.0. The maximum Gasteiger partial charge on any atom is 0.245 e. The number of amides is 1. The number of carbonyl (C=O) groups excluding carboxylic acids is 1. The molecule has 0 saturated heterocycles. The van der Waals surface area contributed by atoms with E-state index < -0.39 is 0 Å². The zero-order chi connectivity index (χ0) is 10.1. The highest BCUT2D eigenvalue weighted by Crippen LogP contribution is 1.92. The van der Waals surface area contributed by atoms with Crippen LogP contribution in [0.25, 0.3) is 0 Å². The Morgan fingerprint density at radius 1 is 1.38 bits per heavy atom. The highest BCUT2D eigenvalue weighted by atomic mass is 16.1. The van der Waals surface area contributed by atoms with Crippen molar-refractivity contribution in [2.75, 3.05) is 0 Å². The Labute approximate surface area is 80.1 Å². The fraction of sp³-hybridized carbons (Fsp3) is 0.455. The van der Waals surface area contributed by atoms with E-state index in [2.05, 4.69) is 4.99 Å². The molecule has 0 aromatic rings. The molecule has 0 fully saturated rings. The summed E-state index contributed by atoms with van der Waals surface area (Å²) in [6.07, 6.45) is 8.93. The molecule has 13 heavy (non-hydrogen) atoms. The number of carbonyl (C=O) groups is 1. The third-order valence-electron chi connectivity index (χ3n) is 1.41. The minimum atomic E-state index is -0.0369. The molecular weight excluding hydrogens is 162 g/mol. The van der Waals surface area contributed by atoms with Gasteiger partial charge in [0.2, 0.25) is 5.91 Å². The van der Waals surface area contributed by atoms with E-state index >= 15 is 0 Å². The highest BCUT2D eigenvalue weighted by Gasteiger charge is 1.95. The van der Waals surface area contributed by atoms with Crippen molar-refractivity contribution in [2.45, 2.75) is 33.6 Å². The molecule has 0 saturated carbocycles. The number of rotatable bonds is 4. The lowest BCUT2D eigenvalue weighted by molar-refractivity contribution is -0.117. The van der Waals surface area contributed by atoms with E-state index in [1.54, 1.807) is 0 Å². The molecule has 72 valence electrons. The van der Waals surface area contributed by atoms with Crippen LogP contribution in [-0.2, 0) is 4.79 Å². The summed E-state index contributed by atoms with van der Waals surface area (Å²) < 4.78 is 0. The molecule has 0 aliphatic rings. The van der Waals surface area contributed by atoms with Crippen LogP contribution in [0.1, 0.15) is 33.6 Å². The van der Waals surface area contributed by atoms with Crippen molar-refractivity contribution in [1.29, 1.82) is 0 Å². The molecule has 0 N–H and O–H groups in total. The summed E-state index contributed by atoms with van der Waals surface area (Å²) in [5.41, 5.74) is 0.761. The molecule has 0 bridgehead atoms. The third kappa shape index (κ3) is 7.19. The van der Waals surface area contributed by atoms with E-state index in [0.29, 0.717) is 6.42 Å². The zero-order valence-electron chi connectivity index (χ0n) is 8.58. The van der Waals surface area contributed by atoms with Gasteiger partial charge in [0, 0.05) is 12.1 Å². The van der Waals surface area contributed by atoms with Gasteiger partial charge in [-0.15, -0.1) is 0 Å². The van der Waals surface area contributed by atoms with E-state index in [9.17, 15) is 4.79 Å². The first-order valence-electron chi connectivity index (χ1n) is 4.58. The van der Waals surface area contributed by atoms with E-state index in [0.717, 1.165) is 12.1 Å². The van der Waals surface area contributed by atoms with Crippen molar-refractivity contribution in [1.82, 2.24) is 0 Å². The molecule has 0 atom stereocenters. The molecule has 0 spiro atoms. The Morgan fingerprint density at radius 3 is 2.62 bits per heavy atom. The smallest absolute Gasteiger partial charge is 0.245 e. The third-order valence-corrected chi connectivity index (χ3v) is 1.41. The van der Waals surface area contributed by atoms with Crippen molar-refractivity contribution in [3.05, 3.63) is 24.3 Å². The van der Waals surface area contributed by atoms with Crippen LogP contribution in [0.5, 0.6) is 0 Å². The van der Waals surface area contributed by atoms with Crippen LogP contribution in [0.4, 0.5) is 0 Å². The van der Waals surface area contributed by atoms with Crippen LogP contribution in [0.3, 0.4) is 0 Å². The first-order valence-corrected chi connectivity index (χ1v) is 4.58. The lowest BCUT2D eigenvalue weighted by Gasteiger charge is -1.91.